The molecule has 0 N–H and O–H groups in total. The first-order valence-electron chi connectivity index (χ1n) is 9.47. The molecule has 0 fully saturated rings. The van der Waals surface area contributed by atoms with E-state index in [9.17, 15) is 9.59 Å². The Hall–Kier alpha value is -3.45. The van der Waals surface area contributed by atoms with E-state index in [2.05, 4.69) is 4.98 Å². The fourth-order valence-electron chi connectivity index (χ4n) is 3.26. The lowest BCUT2D eigenvalue weighted by molar-refractivity contribution is 0.0741. The number of ether oxygens (including phenoxy) is 1. The number of carbonyl (C=O) groups excluding carboxylic acids is 1. The molecule has 0 aliphatic heterocycles. The number of hydrogen-bond donors (Lipinski definition) is 0. The molecule has 4 rings (SSSR count). The van der Waals surface area contributed by atoms with Crippen LogP contribution in [0.3, 0.4) is 0 Å². The molecular formula is C23H20N2O4S. The minimum absolute atomic E-state index is 0.00539. The highest BCUT2D eigenvalue weighted by Crippen LogP contribution is 2.25. The van der Waals surface area contributed by atoms with Gasteiger partial charge in [0.25, 0.3) is 5.91 Å². The van der Waals surface area contributed by atoms with E-state index in [4.69, 9.17) is 9.15 Å². The molecule has 0 aliphatic rings. The van der Waals surface area contributed by atoms with Crippen molar-refractivity contribution >= 4 is 28.2 Å². The standard InChI is InChI=1S/C23H20N2O4S/c1-28-20-8-2-6-17-13-19(23(27)29-21(17)20)22(26)25(11-9-18-7-4-12-30-18)15-16-5-3-10-24-14-16/h2-8,10,12-14H,9,11,15H2,1H3. The summed E-state index contributed by atoms with van der Waals surface area (Å²) in [6, 6.07) is 14.6. The zero-order valence-electron chi connectivity index (χ0n) is 16.4. The molecule has 0 saturated heterocycles. The van der Waals surface area contributed by atoms with Crippen molar-refractivity contribution in [2.75, 3.05) is 13.7 Å². The van der Waals surface area contributed by atoms with Gasteiger partial charge in [-0.2, -0.15) is 0 Å². The number of amides is 1. The zero-order chi connectivity index (χ0) is 20.9. The average molecular weight is 420 g/mol. The van der Waals surface area contributed by atoms with Gasteiger partial charge in [-0.1, -0.05) is 24.3 Å². The molecule has 4 aromatic rings. The quantitative estimate of drug-likeness (QED) is 0.420. The fourth-order valence-corrected chi connectivity index (χ4v) is 3.96. The van der Waals surface area contributed by atoms with Crippen molar-refractivity contribution < 1.29 is 13.9 Å². The highest BCUT2D eigenvalue weighted by Gasteiger charge is 2.22. The Bertz CT molecular complexity index is 1200. The van der Waals surface area contributed by atoms with Crippen molar-refractivity contribution in [1.82, 2.24) is 9.88 Å². The molecule has 30 heavy (non-hydrogen) atoms. The van der Waals surface area contributed by atoms with E-state index in [1.54, 1.807) is 52.9 Å². The summed E-state index contributed by atoms with van der Waals surface area (Å²) in [6.07, 6.45) is 4.11. The average Bonchev–Trinajstić information content (AvgIpc) is 3.29. The maximum absolute atomic E-state index is 13.3. The van der Waals surface area contributed by atoms with Crippen molar-refractivity contribution in [3.63, 3.8) is 0 Å². The molecule has 1 amide bonds. The monoisotopic (exact) mass is 420 g/mol. The first-order valence-corrected chi connectivity index (χ1v) is 10.3. The number of para-hydroxylation sites is 1. The summed E-state index contributed by atoms with van der Waals surface area (Å²) in [5.74, 6) is 0.0855. The molecule has 0 bridgehead atoms. The summed E-state index contributed by atoms with van der Waals surface area (Å²) in [7, 11) is 1.51. The third-order valence-electron chi connectivity index (χ3n) is 4.77. The largest absolute Gasteiger partial charge is 0.493 e. The van der Waals surface area contributed by atoms with Gasteiger partial charge in [0.05, 0.1) is 7.11 Å². The molecule has 0 unspecified atom stereocenters. The van der Waals surface area contributed by atoms with Crippen LogP contribution in [0.1, 0.15) is 20.8 Å². The summed E-state index contributed by atoms with van der Waals surface area (Å²) in [6.45, 7) is 0.831. The molecule has 7 heteroatoms. The highest BCUT2D eigenvalue weighted by atomic mass is 32.1. The number of aromatic nitrogens is 1. The highest BCUT2D eigenvalue weighted by molar-refractivity contribution is 7.09. The molecule has 0 radical (unpaired) electrons. The number of carbonyl (C=O) groups is 1. The van der Waals surface area contributed by atoms with Gasteiger partial charge in [-0.15, -0.1) is 11.3 Å². The van der Waals surface area contributed by atoms with E-state index in [1.807, 2.05) is 29.6 Å². The van der Waals surface area contributed by atoms with Crippen molar-refractivity contribution in [2.24, 2.45) is 0 Å². The van der Waals surface area contributed by atoms with E-state index < -0.39 is 5.63 Å². The Balaban J connectivity index is 1.67. The number of thiophene rings is 1. The van der Waals surface area contributed by atoms with Gasteiger partial charge in [-0.05, 0) is 41.6 Å². The predicted octanol–water partition coefficient (Wildman–Crippen LogP) is 4.14. The van der Waals surface area contributed by atoms with Crippen molar-refractivity contribution in [3.05, 3.63) is 92.7 Å². The fraction of sp³-hybridized carbons (Fsp3) is 0.174. The second-order valence-corrected chi connectivity index (χ2v) is 7.78. The van der Waals surface area contributed by atoms with Crippen LogP contribution in [0, 0.1) is 0 Å². The summed E-state index contributed by atoms with van der Waals surface area (Å²) in [4.78, 5) is 33.0. The smallest absolute Gasteiger partial charge is 0.349 e. The van der Waals surface area contributed by atoms with Crippen molar-refractivity contribution in [1.29, 1.82) is 0 Å². The van der Waals surface area contributed by atoms with Gasteiger partial charge in [-0.25, -0.2) is 4.79 Å². The zero-order valence-corrected chi connectivity index (χ0v) is 17.2. The summed E-state index contributed by atoms with van der Waals surface area (Å²) >= 11 is 1.64. The van der Waals surface area contributed by atoms with Gasteiger partial charge in [-0.3, -0.25) is 9.78 Å². The molecule has 0 saturated carbocycles. The van der Waals surface area contributed by atoms with Crippen LogP contribution in [0.5, 0.6) is 5.75 Å². The van der Waals surface area contributed by atoms with E-state index in [-0.39, 0.29) is 11.5 Å². The third-order valence-corrected chi connectivity index (χ3v) is 5.70. The van der Waals surface area contributed by atoms with Crippen LogP contribution >= 0.6 is 11.3 Å². The Morgan fingerprint density at radius 2 is 2.10 bits per heavy atom. The Kier molecular flexibility index (Phi) is 5.90. The molecule has 0 spiro atoms. The second kappa shape index (κ2) is 8.92. The number of hydrogen-bond acceptors (Lipinski definition) is 6. The van der Waals surface area contributed by atoms with Crippen LogP contribution in [0.15, 0.2) is 75.5 Å². The molecule has 3 heterocycles. The second-order valence-electron chi connectivity index (χ2n) is 6.74. The van der Waals surface area contributed by atoms with Gasteiger partial charge in [0.2, 0.25) is 0 Å². The maximum Gasteiger partial charge on any atom is 0.349 e. The molecule has 152 valence electrons. The number of rotatable bonds is 7. The maximum atomic E-state index is 13.3. The minimum Gasteiger partial charge on any atom is -0.493 e. The summed E-state index contributed by atoms with van der Waals surface area (Å²) < 4.78 is 10.7. The predicted molar refractivity (Wildman–Crippen MR) is 116 cm³/mol. The van der Waals surface area contributed by atoms with E-state index >= 15 is 0 Å². The summed E-state index contributed by atoms with van der Waals surface area (Å²) in [5.41, 5.74) is 0.554. The van der Waals surface area contributed by atoms with Crippen LogP contribution in [0.25, 0.3) is 11.0 Å². The SMILES string of the molecule is COc1cccc2cc(C(=O)N(CCc3cccs3)Cc3cccnc3)c(=O)oc12. The lowest BCUT2D eigenvalue weighted by Gasteiger charge is -2.22. The number of benzene rings is 1. The van der Waals surface area contributed by atoms with E-state index in [0.717, 1.165) is 5.56 Å². The number of methoxy groups -OCH3 is 1. The summed E-state index contributed by atoms with van der Waals surface area (Å²) in [5, 5.41) is 2.64. The van der Waals surface area contributed by atoms with Crippen LogP contribution in [0.2, 0.25) is 0 Å². The molecule has 0 aliphatic carbocycles. The topological polar surface area (TPSA) is 72.6 Å². The van der Waals surface area contributed by atoms with Crippen molar-refractivity contribution in [3.8, 4) is 5.75 Å². The van der Waals surface area contributed by atoms with Crippen LogP contribution in [0.4, 0.5) is 0 Å². The number of fused-ring (bicyclic) bond motifs is 1. The molecular weight excluding hydrogens is 400 g/mol. The minimum atomic E-state index is -0.677. The molecule has 0 atom stereocenters. The van der Waals surface area contributed by atoms with Gasteiger partial charge >= 0.3 is 5.63 Å². The number of pyridine rings is 1. The lowest BCUT2D eigenvalue weighted by Crippen LogP contribution is -2.35. The van der Waals surface area contributed by atoms with Gasteiger partial charge in [0, 0.05) is 35.7 Å². The molecule has 6 nitrogen and oxygen atoms in total. The Labute approximate surface area is 177 Å². The Morgan fingerprint density at radius 1 is 1.20 bits per heavy atom. The van der Waals surface area contributed by atoms with Crippen LogP contribution in [-0.4, -0.2) is 29.4 Å². The van der Waals surface area contributed by atoms with Gasteiger partial charge < -0.3 is 14.1 Å². The van der Waals surface area contributed by atoms with E-state index in [0.29, 0.717) is 36.2 Å². The first kappa shape index (κ1) is 19.8. The first-order chi connectivity index (χ1) is 14.7. The lowest BCUT2D eigenvalue weighted by atomic mass is 10.1. The van der Waals surface area contributed by atoms with E-state index in [1.165, 1.54) is 12.0 Å². The van der Waals surface area contributed by atoms with Crippen LogP contribution in [-0.2, 0) is 13.0 Å². The van der Waals surface area contributed by atoms with Gasteiger partial charge in [0.1, 0.15) is 5.56 Å². The number of nitrogens with zero attached hydrogens (tertiary/aromatic N) is 2. The molecule has 1 aromatic carbocycles. The third kappa shape index (κ3) is 4.26. The van der Waals surface area contributed by atoms with Crippen LogP contribution < -0.4 is 10.4 Å². The Morgan fingerprint density at radius 3 is 2.83 bits per heavy atom. The molecule has 3 aromatic heterocycles. The van der Waals surface area contributed by atoms with Gasteiger partial charge in [0.15, 0.2) is 11.3 Å². The normalized spacial score (nSPS) is 10.8. The van der Waals surface area contributed by atoms with Crippen molar-refractivity contribution in [2.45, 2.75) is 13.0 Å².